The molecule has 0 fully saturated rings. The third-order valence-electron chi connectivity index (χ3n) is 2.12. The monoisotopic (exact) mass is 308 g/mol. The summed E-state index contributed by atoms with van der Waals surface area (Å²) in [5.74, 6) is -1.27. The van der Waals surface area contributed by atoms with Gasteiger partial charge in [0, 0.05) is 6.21 Å². The van der Waals surface area contributed by atoms with Gasteiger partial charge in [-0.15, -0.1) is 0 Å². The molecule has 4 nitrogen and oxygen atoms in total. The van der Waals surface area contributed by atoms with Crippen molar-refractivity contribution in [3.05, 3.63) is 20.9 Å². The van der Waals surface area contributed by atoms with Crippen molar-refractivity contribution in [2.24, 2.45) is 4.99 Å². The van der Waals surface area contributed by atoms with Crippen LogP contribution in [-0.4, -0.2) is 22.3 Å². The summed E-state index contributed by atoms with van der Waals surface area (Å²) in [4.78, 5) is 18.6. The number of hydrogen-bond donors (Lipinski definition) is 1. The predicted molar refractivity (Wildman–Crippen MR) is 73.9 cm³/mol. The third-order valence-corrected chi connectivity index (χ3v) is 3.21. The van der Waals surface area contributed by atoms with Gasteiger partial charge in [-0.2, -0.15) is 0 Å². The molecule has 7 heteroatoms. The summed E-state index contributed by atoms with van der Waals surface area (Å²) in [7, 11) is 0. The molecule has 0 aromatic carbocycles. The van der Waals surface area contributed by atoms with Crippen molar-refractivity contribution in [3.63, 3.8) is 0 Å². The van der Waals surface area contributed by atoms with E-state index >= 15 is 0 Å². The topological polar surface area (TPSA) is 62.5 Å². The minimum Gasteiger partial charge on any atom is -0.476 e. The number of carboxylic acids is 1. The first-order chi connectivity index (χ1) is 8.49. The number of carboxylic acid groups (broad SMARTS) is 1. The second-order valence-corrected chi connectivity index (χ2v) is 4.60. The van der Waals surface area contributed by atoms with Gasteiger partial charge in [0.2, 0.25) is 0 Å². The van der Waals surface area contributed by atoms with Crippen LogP contribution in [0.3, 0.4) is 0 Å². The van der Waals surface area contributed by atoms with E-state index in [0.717, 1.165) is 19.3 Å². The molecule has 0 atom stereocenters. The molecule has 0 unspecified atom stereocenters. The van der Waals surface area contributed by atoms with Gasteiger partial charge in [0.05, 0.1) is 0 Å². The number of pyridine rings is 1. The SMILES string of the molecule is CCCCC=Nc1c(Cl)c(Cl)nc(C(=O)O)c1Cl. The number of nitrogens with zero attached hydrogens (tertiary/aromatic N) is 2. The first kappa shape index (κ1) is 15.2. The maximum Gasteiger partial charge on any atom is 0.356 e. The molecule has 1 heterocycles. The van der Waals surface area contributed by atoms with Crippen LogP contribution >= 0.6 is 34.8 Å². The summed E-state index contributed by atoms with van der Waals surface area (Å²) < 4.78 is 0. The molecule has 0 bridgehead atoms. The Kier molecular flexibility index (Phi) is 5.85. The van der Waals surface area contributed by atoms with E-state index in [1.54, 1.807) is 6.21 Å². The number of rotatable bonds is 5. The molecule has 0 aliphatic rings. The number of unbranched alkanes of at least 4 members (excludes halogenated alkanes) is 2. The van der Waals surface area contributed by atoms with Gasteiger partial charge in [-0.3, -0.25) is 4.99 Å². The molecular formula is C11H11Cl3N2O2. The Morgan fingerprint density at radius 3 is 2.61 bits per heavy atom. The Hall–Kier alpha value is -0.840. The van der Waals surface area contributed by atoms with Crippen molar-refractivity contribution in [1.29, 1.82) is 0 Å². The van der Waals surface area contributed by atoms with E-state index in [0.29, 0.717) is 0 Å². The van der Waals surface area contributed by atoms with Crippen LogP contribution < -0.4 is 0 Å². The quantitative estimate of drug-likeness (QED) is 0.490. The van der Waals surface area contributed by atoms with Crippen LogP contribution in [0.5, 0.6) is 0 Å². The lowest BCUT2D eigenvalue weighted by Gasteiger charge is -2.06. The van der Waals surface area contributed by atoms with Gasteiger partial charge in [0.15, 0.2) is 10.8 Å². The molecule has 1 rings (SSSR count). The highest BCUT2D eigenvalue weighted by Gasteiger charge is 2.20. The second kappa shape index (κ2) is 6.92. The van der Waals surface area contributed by atoms with Gasteiger partial charge in [0.25, 0.3) is 0 Å². The molecule has 1 aromatic rings. The maximum absolute atomic E-state index is 10.9. The van der Waals surface area contributed by atoms with E-state index < -0.39 is 5.97 Å². The third kappa shape index (κ3) is 3.57. The smallest absolute Gasteiger partial charge is 0.356 e. The van der Waals surface area contributed by atoms with Crippen molar-refractivity contribution in [3.8, 4) is 0 Å². The van der Waals surface area contributed by atoms with Gasteiger partial charge in [-0.05, 0) is 12.8 Å². The molecule has 18 heavy (non-hydrogen) atoms. The second-order valence-electron chi connectivity index (χ2n) is 3.49. The normalized spacial score (nSPS) is 11.1. The van der Waals surface area contributed by atoms with Crippen LogP contribution in [-0.2, 0) is 0 Å². The minimum atomic E-state index is -1.27. The average Bonchev–Trinajstić information content (AvgIpc) is 2.32. The summed E-state index contributed by atoms with van der Waals surface area (Å²) in [6.07, 6.45) is 4.40. The lowest BCUT2D eigenvalue weighted by atomic mass is 10.2. The van der Waals surface area contributed by atoms with E-state index in [1.165, 1.54) is 0 Å². The maximum atomic E-state index is 10.9. The van der Waals surface area contributed by atoms with E-state index in [2.05, 4.69) is 16.9 Å². The van der Waals surface area contributed by atoms with Crippen molar-refractivity contribution in [2.45, 2.75) is 26.2 Å². The summed E-state index contributed by atoms with van der Waals surface area (Å²) in [5.41, 5.74) is -0.208. The van der Waals surface area contributed by atoms with E-state index in [9.17, 15) is 4.79 Å². The zero-order valence-electron chi connectivity index (χ0n) is 9.58. The summed E-state index contributed by atoms with van der Waals surface area (Å²) in [6.45, 7) is 2.06. The molecule has 0 saturated carbocycles. The average molecular weight is 310 g/mol. The number of aromatic carboxylic acids is 1. The van der Waals surface area contributed by atoms with Crippen LogP contribution in [0.1, 0.15) is 36.7 Å². The van der Waals surface area contributed by atoms with Gasteiger partial charge in [-0.1, -0.05) is 48.1 Å². The number of aliphatic imine (C=N–C) groups is 1. The van der Waals surface area contributed by atoms with Gasteiger partial charge in [-0.25, -0.2) is 9.78 Å². The Morgan fingerprint density at radius 1 is 1.39 bits per heavy atom. The number of halogens is 3. The highest BCUT2D eigenvalue weighted by atomic mass is 35.5. The summed E-state index contributed by atoms with van der Waals surface area (Å²) >= 11 is 17.5. The molecule has 0 radical (unpaired) electrons. The first-order valence-electron chi connectivity index (χ1n) is 5.29. The summed E-state index contributed by atoms with van der Waals surface area (Å²) in [5, 5.41) is 8.74. The minimum absolute atomic E-state index is 0.0550. The van der Waals surface area contributed by atoms with Crippen LogP contribution in [0.15, 0.2) is 4.99 Å². The molecular weight excluding hydrogens is 298 g/mol. The highest BCUT2D eigenvalue weighted by Crippen LogP contribution is 2.38. The molecule has 0 saturated heterocycles. The molecule has 0 amide bonds. The fourth-order valence-electron chi connectivity index (χ4n) is 1.21. The zero-order chi connectivity index (χ0) is 13.7. The lowest BCUT2D eigenvalue weighted by Crippen LogP contribution is -2.02. The fourth-order valence-corrected chi connectivity index (χ4v) is 1.88. The highest BCUT2D eigenvalue weighted by molar-refractivity contribution is 6.46. The van der Waals surface area contributed by atoms with Crippen LogP contribution in [0.25, 0.3) is 0 Å². The molecule has 1 aromatic heterocycles. The van der Waals surface area contributed by atoms with Crippen LogP contribution in [0.2, 0.25) is 15.2 Å². The van der Waals surface area contributed by atoms with Gasteiger partial charge >= 0.3 is 5.97 Å². The van der Waals surface area contributed by atoms with Crippen molar-refractivity contribution < 1.29 is 9.90 Å². The summed E-state index contributed by atoms with van der Waals surface area (Å²) in [6, 6.07) is 0. The van der Waals surface area contributed by atoms with Crippen molar-refractivity contribution in [2.75, 3.05) is 0 Å². The van der Waals surface area contributed by atoms with Crippen molar-refractivity contribution >= 4 is 52.7 Å². The molecule has 98 valence electrons. The molecule has 1 N–H and O–H groups in total. The number of aromatic nitrogens is 1. The lowest BCUT2D eigenvalue weighted by molar-refractivity contribution is 0.0691. The van der Waals surface area contributed by atoms with Crippen molar-refractivity contribution in [1.82, 2.24) is 4.98 Å². The van der Waals surface area contributed by atoms with Crippen LogP contribution in [0, 0.1) is 0 Å². The Morgan fingerprint density at radius 2 is 2.06 bits per heavy atom. The number of carbonyl (C=O) groups is 1. The molecule has 0 aliphatic heterocycles. The van der Waals surface area contributed by atoms with E-state index in [4.69, 9.17) is 39.9 Å². The van der Waals surface area contributed by atoms with Crippen LogP contribution in [0.4, 0.5) is 5.69 Å². The first-order valence-corrected chi connectivity index (χ1v) is 6.42. The van der Waals surface area contributed by atoms with Gasteiger partial charge < -0.3 is 5.11 Å². The molecule has 0 aliphatic carbocycles. The Balaban J connectivity index is 3.17. The standard InChI is InChI=1S/C11H11Cl3N2O2/c1-2-3-4-5-15-8-6(12)9(11(17)18)16-10(14)7(8)13/h5H,2-4H2,1H3,(H,17,18). The van der Waals surface area contributed by atoms with E-state index in [-0.39, 0.29) is 26.6 Å². The van der Waals surface area contributed by atoms with Gasteiger partial charge in [0.1, 0.15) is 15.7 Å². The predicted octanol–water partition coefficient (Wildman–Crippen LogP) is 4.63. The fraction of sp³-hybridized carbons (Fsp3) is 0.364. The Bertz CT molecular complexity index is 490. The zero-order valence-corrected chi connectivity index (χ0v) is 11.9. The Labute approximate surface area is 120 Å². The molecule has 0 spiro atoms. The largest absolute Gasteiger partial charge is 0.476 e. The van der Waals surface area contributed by atoms with E-state index in [1.807, 2.05) is 0 Å². The number of hydrogen-bond acceptors (Lipinski definition) is 3.